The number of amides is 1. The Morgan fingerprint density at radius 1 is 1.40 bits per heavy atom. The molecule has 0 saturated carbocycles. The predicted octanol–water partition coefficient (Wildman–Crippen LogP) is 2.86. The fourth-order valence-corrected chi connectivity index (χ4v) is 3.18. The number of aromatic nitrogens is 1. The molecule has 0 unspecified atom stereocenters. The Morgan fingerprint density at radius 2 is 2.28 bits per heavy atom. The van der Waals surface area contributed by atoms with Crippen molar-refractivity contribution < 1.29 is 9.53 Å². The molecule has 0 aliphatic carbocycles. The summed E-state index contributed by atoms with van der Waals surface area (Å²) in [6.45, 7) is 3.98. The maximum Gasteiger partial charge on any atom is 0.253 e. The first-order chi connectivity index (χ1) is 12.1. The summed E-state index contributed by atoms with van der Waals surface area (Å²) in [5.74, 6) is 1.12. The average Bonchev–Trinajstić information content (AvgIpc) is 2.67. The summed E-state index contributed by atoms with van der Waals surface area (Å²) < 4.78 is 5.80. The molecule has 2 N–H and O–H groups in total. The maximum atomic E-state index is 12.8. The second-order valence-corrected chi connectivity index (χ2v) is 6.69. The van der Waals surface area contributed by atoms with Gasteiger partial charge in [0.1, 0.15) is 12.4 Å². The van der Waals surface area contributed by atoms with Gasteiger partial charge in [0.15, 0.2) is 0 Å². The minimum absolute atomic E-state index is 0.0529. The minimum Gasteiger partial charge on any atom is -0.489 e. The molecule has 1 saturated heterocycles. The molecule has 1 aliphatic heterocycles. The molecule has 1 fully saturated rings. The number of ether oxygens (including phenoxy) is 1. The van der Waals surface area contributed by atoms with Crippen LogP contribution >= 0.6 is 0 Å². The molecular weight excluding hydrogens is 314 g/mol. The molecule has 5 heteroatoms. The number of hydrogen-bond donors (Lipinski definition) is 1. The van der Waals surface area contributed by atoms with Crippen molar-refractivity contribution in [2.24, 2.45) is 11.7 Å². The highest BCUT2D eigenvalue weighted by Gasteiger charge is 2.26. The van der Waals surface area contributed by atoms with Crippen molar-refractivity contribution in [3.8, 4) is 5.75 Å². The molecule has 0 bridgehead atoms. The molecular formula is C20H25N3O2. The highest BCUT2D eigenvalue weighted by atomic mass is 16.5. The van der Waals surface area contributed by atoms with Crippen LogP contribution in [-0.2, 0) is 6.61 Å². The molecule has 1 aliphatic rings. The molecule has 25 heavy (non-hydrogen) atoms. The molecule has 132 valence electrons. The van der Waals surface area contributed by atoms with E-state index in [-0.39, 0.29) is 11.9 Å². The van der Waals surface area contributed by atoms with Gasteiger partial charge >= 0.3 is 0 Å². The zero-order chi connectivity index (χ0) is 17.6. The first-order valence-electron chi connectivity index (χ1n) is 8.80. The van der Waals surface area contributed by atoms with Crippen molar-refractivity contribution >= 4 is 5.91 Å². The van der Waals surface area contributed by atoms with Gasteiger partial charge in [0.25, 0.3) is 5.91 Å². The van der Waals surface area contributed by atoms with Gasteiger partial charge < -0.3 is 15.4 Å². The summed E-state index contributed by atoms with van der Waals surface area (Å²) >= 11 is 0. The second-order valence-electron chi connectivity index (χ2n) is 6.69. The van der Waals surface area contributed by atoms with E-state index in [0.717, 1.165) is 31.5 Å². The van der Waals surface area contributed by atoms with Crippen LogP contribution in [0.5, 0.6) is 5.75 Å². The topological polar surface area (TPSA) is 68.5 Å². The number of carbonyl (C=O) groups excluding carboxylic acids is 1. The third-order valence-corrected chi connectivity index (χ3v) is 4.70. The quantitative estimate of drug-likeness (QED) is 0.909. The van der Waals surface area contributed by atoms with Crippen molar-refractivity contribution in [2.75, 3.05) is 13.1 Å². The summed E-state index contributed by atoms with van der Waals surface area (Å²) in [5.41, 5.74) is 7.68. The van der Waals surface area contributed by atoms with E-state index in [1.54, 1.807) is 12.4 Å². The zero-order valence-electron chi connectivity index (χ0n) is 14.6. The number of hydrogen-bond acceptors (Lipinski definition) is 4. The van der Waals surface area contributed by atoms with Crippen LogP contribution < -0.4 is 10.5 Å². The van der Waals surface area contributed by atoms with Crippen molar-refractivity contribution in [3.05, 3.63) is 59.9 Å². The lowest BCUT2D eigenvalue weighted by Gasteiger charge is -2.34. The van der Waals surface area contributed by atoms with Gasteiger partial charge in [-0.25, -0.2) is 0 Å². The molecule has 2 heterocycles. The van der Waals surface area contributed by atoms with E-state index < -0.39 is 0 Å². The van der Waals surface area contributed by atoms with Gasteiger partial charge in [0, 0.05) is 42.7 Å². The molecule has 2 aromatic rings. The molecule has 3 rings (SSSR count). The van der Waals surface area contributed by atoms with Gasteiger partial charge in [0.2, 0.25) is 0 Å². The highest BCUT2D eigenvalue weighted by molar-refractivity contribution is 5.94. The molecule has 0 radical (unpaired) electrons. The Balaban J connectivity index is 1.65. The fourth-order valence-electron chi connectivity index (χ4n) is 3.18. The Morgan fingerprint density at radius 3 is 3.04 bits per heavy atom. The lowest BCUT2D eigenvalue weighted by molar-refractivity contribution is 0.0660. The third kappa shape index (κ3) is 4.57. The number of pyridine rings is 1. The van der Waals surface area contributed by atoms with Gasteiger partial charge in [0.05, 0.1) is 0 Å². The normalized spacial score (nSPS) is 18.6. The van der Waals surface area contributed by atoms with Crippen molar-refractivity contribution in [1.82, 2.24) is 9.88 Å². The van der Waals surface area contributed by atoms with Crippen molar-refractivity contribution in [3.63, 3.8) is 0 Å². The van der Waals surface area contributed by atoms with Crippen LogP contribution in [0.4, 0.5) is 0 Å². The summed E-state index contributed by atoms with van der Waals surface area (Å²) in [4.78, 5) is 18.8. The van der Waals surface area contributed by atoms with Crippen LogP contribution in [0.15, 0.2) is 48.8 Å². The van der Waals surface area contributed by atoms with E-state index in [1.807, 2.05) is 48.2 Å². The standard InChI is InChI=1S/C20H25N3O2/c1-15(21)18-7-4-10-23(13-18)20(24)17-6-2-8-19(11-17)25-14-16-5-3-9-22-12-16/h2-3,5-6,8-9,11-12,15,18H,4,7,10,13-14,21H2,1H3/t15-,18+/m0/s1. The van der Waals surface area contributed by atoms with E-state index >= 15 is 0 Å². The van der Waals surface area contributed by atoms with Crippen LogP contribution in [-0.4, -0.2) is 34.9 Å². The largest absolute Gasteiger partial charge is 0.489 e. The van der Waals surface area contributed by atoms with E-state index in [1.165, 1.54) is 0 Å². The Kier molecular flexibility index (Phi) is 5.66. The van der Waals surface area contributed by atoms with Crippen LogP contribution in [0.25, 0.3) is 0 Å². The van der Waals surface area contributed by atoms with E-state index in [4.69, 9.17) is 10.5 Å². The number of nitrogens with zero attached hydrogens (tertiary/aromatic N) is 2. The van der Waals surface area contributed by atoms with E-state index in [2.05, 4.69) is 4.98 Å². The summed E-state index contributed by atoms with van der Waals surface area (Å²) in [5, 5.41) is 0. The van der Waals surface area contributed by atoms with Crippen molar-refractivity contribution in [1.29, 1.82) is 0 Å². The Labute approximate surface area is 148 Å². The first kappa shape index (κ1) is 17.4. The maximum absolute atomic E-state index is 12.8. The van der Waals surface area contributed by atoms with E-state index in [9.17, 15) is 4.79 Å². The molecule has 2 atom stereocenters. The van der Waals surface area contributed by atoms with Crippen molar-refractivity contribution in [2.45, 2.75) is 32.4 Å². The number of nitrogens with two attached hydrogens (primary N) is 1. The first-order valence-corrected chi connectivity index (χ1v) is 8.80. The second kappa shape index (κ2) is 8.12. The van der Waals surface area contributed by atoms with E-state index in [0.29, 0.717) is 23.8 Å². The van der Waals surface area contributed by atoms with Gasteiger partial charge in [-0.3, -0.25) is 9.78 Å². The number of piperidine rings is 1. The molecule has 1 aromatic heterocycles. The Bertz CT molecular complexity index is 703. The molecule has 0 spiro atoms. The predicted molar refractivity (Wildman–Crippen MR) is 97.3 cm³/mol. The number of benzene rings is 1. The van der Waals surface area contributed by atoms with Gasteiger partial charge in [-0.2, -0.15) is 0 Å². The zero-order valence-corrected chi connectivity index (χ0v) is 14.6. The number of rotatable bonds is 5. The van der Waals surface area contributed by atoms with Gasteiger partial charge in [-0.05, 0) is 49.9 Å². The summed E-state index contributed by atoms with van der Waals surface area (Å²) in [6, 6.07) is 11.3. The van der Waals surface area contributed by atoms with Gasteiger partial charge in [-0.15, -0.1) is 0 Å². The van der Waals surface area contributed by atoms with Crippen LogP contribution in [0.3, 0.4) is 0 Å². The monoisotopic (exact) mass is 339 g/mol. The smallest absolute Gasteiger partial charge is 0.253 e. The number of carbonyl (C=O) groups is 1. The highest BCUT2D eigenvalue weighted by Crippen LogP contribution is 2.22. The minimum atomic E-state index is 0.0529. The molecule has 5 nitrogen and oxygen atoms in total. The van der Waals surface area contributed by atoms with Crippen LogP contribution in [0.1, 0.15) is 35.7 Å². The lowest BCUT2D eigenvalue weighted by Crippen LogP contribution is -2.45. The fraction of sp³-hybridized carbons (Fsp3) is 0.400. The summed E-state index contributed by atoms with van der Waals surface area (Å²) in [6.07, 6.45) is 5.61. The average molecular weight is 339 g/mol. The third-order valence-electron chi connectivity index (χ3n) is 4.70. The Hall–Kier alpha value is -2.40. The van der Waals surface area contributed by atoms with Crippen LogP contribution in [0, 0.1) is 5.92 Å². The lowest BCUT2D eigenvalue weighted by atomic mass is 9.92. The summed E-state index contributed by atoms with van der Waals surface area (Å²) in [7, 11) is 0. The van der Waals surface area contributed by atoms with Crippen LogP contribution in [0.2, 0.25) is 0 Å². The number of likely N-dealkylation sites (tertiary alicyclic amines) is 1. The van der Waals surface area contributed by atoms with Gasteiger partial charge in [-0.1, -0.05) is 12.1 Å². The molecule has 1 aromatic carbocycles. The molecule has 1 amide bonds. The SMILES string of the molecule is C[C@H](N)[C@@H]1CCCN(C(=O)c2cccc(OCc3cccnc3)c2)C1.